The minimum atomic E-state index is -0.266. The maximum absolute atomic E-state index is 9.54. The molecule has 0 radical (unpaired) electrons. The zero-order valence-corrected chi connectivity index (χ0v) is 8.69. The number of rotatable bonds is 5. The zero-order chi connectivity index (χ0) is 8.91. The van der Waals surface area contributed by atoms with Crippen LogP contribution in [0.25, 0.3) is 0 Å². The van der Waals surface area contributed by atoms with Crippen molar-refractivity contribution in [3.05, 3.63) is 0 Å². The van der Waals surface area contributed by atoms with Crippen LogP contribution in [0.5, 0.6) is 0 Å². The molecule has 0 rings (SSSR count). The fourth-order valence-electron chi connectivity index (χ4n) is 1.05. The Kier molecular flexibility index (Phi) is 5.19. The molecular formula is C9H20OS. The Hall–Kier alpha value is 0.310. The van der Waals surface area contributed by atoms with Gasteiger partial charge in [-0.1, -0.05) is 33.6 Å². The van der Waals surface area contributed by atoms with E-state index < -0.39 is 0 Å². The standard InChI is InChI=1S/C9H20OS/c1-4-5-6-9(2,3)8(10)7-11/h8,10-11H,4-7H2,1-3H3. The zero-order valence-electron chi connectivity index (χ0n) is 7.80. The molecule has 0 spiro atoms. The van der Waals surface area contributed by atoms with Crippen LogP contribution in [0, 0.1) is 5.41 Å². The van der Waals surface area contributed by atoms with Gasteiger partial charge >= 0.3 is 0 Å². The summed E-state index contributed by atoms with van der Waals surface area (Å²) >= 11 is 4.08. The van der Waals surface area contributed by atoms with Crippen LogP contribution in [0.2, 0.25) is 0 Å². The van der Waals surface area contributed by atoms with E-state index >= 15 is 0 Å². The lowest BCUT2D eigenvalue weighted by Crippen LogP contribution is -2.30. The molecule has 0 aromatic heterocycles. The van der Waals surface area contributed by atoms with Gasteiger partial charge in [-0.05, 0) is 11.8 Å². The van der Waals surface area contributed by atoms with Crippen LogP contribution in [-0.2, 0) is 0 Å². The number of hydrogen-bond acceptors (Lipinski definition) is 2. The average Bonchev–Trinajstić information content (AvgIpc) is 1.99. The molecule has 1 atom stereocenters. The maximum atomic E-state index is 9.54. The second kappa shape index (κ2) is 5.04. The van der Waals surface area contributed by atoms with Gasteiger partial charge in [0.25, 0.3) is 0 Å². The smallest absolute Gasteiger partial charge is 0.0678 e. The summed E-state index contributed by atoms with van der Waals surface area (Å²) in [7, 11) is 0. The molecule has 1 unspecified atom stereocenters. The molecule has 0 heterocycles. The van der Waals surface area contributed by atoms with E-state index in [0.29, 0.717) is 5.75 Å². The lowest BCUT2D eigenvalue weighted by Gasteiger charge is -2.29. The average molecular weight is 176 g/mol. The van der Waals surface area contributed by atoms with Crippen molar-refractivity contribution in [1.29, 1.82) is 0 Å². The largest absolute Gasteiger partial charge is 0.392 e. The van der Waals surface area contributed by atoms with E-state index in [1.807, 2.05) is 0 Å². The Morgan fingerprint density at radius 2 is 2.00 bits per heavy atom. The van der Waals surface area contributed by atoms with E-state index in [1.165, 1.54) is 12.8 Å². The topological polar surface area (TPSA) is 20.2 Å². The summed E-state index contributed by atoms with van der Waals surface area (Å²) in [5.41, 5.74) is 0.0394. The molecule has 0 saturated heterocycles. The lowest BCUT2D eigenvalue weighted by atomic mass is 9.82. The van der Waals surface area contributed by atoms with Crippen molar-refractivity contribution < 1.29 is 5.11 Å². The molecule has 0 fully saturated rings. The van der Waals surface area contributed by atoms with Gasteiger partial charge in [0.2, 0.25) is 0 Å². The van der Waals surface area contributed by atoms with Crippen LogP contribution in [0.3, 0.4) is 0 Å². The number of aliphatic hydroxyl groups excluding tert-OH is 1. The number of aliphatic hydroxyl groups is 1. The summed E-state index contributed by atoms with van der Waals surface area (Å²) in [6.07, 6.45) is 3.21. The van der Waals surface area contributed by atoms with Gasteiger partial charge in [-0.2, -0.15) is 12.6 Å². The third kappa shape index (κ3) is 4.02. The minimum Gasteiger partial charge on any atom is -0.392 e. The second-order valence-electron chi connectivity index (χ2n) is 3.79. The van der Waals surface area contributed by atoms with E-state index in [2.05, 4.69) is 33.4 Å². The predicted molar refractivity (Wildman–Crippen MR) is 53.2 cm³/mol. The number of thiol groups is 1. The molecule has 0 amide bonds. The highest BCUT2D eigenvalue weighted by atomic mass is 32.1. The molecule has 11 heavy (non-hydrogen) atoms. The highest BCUT2D eigenvalue weighted by molar-refractivity contribution is 7.80. The maximum Gasteiger partial charge on any atom is 0.0678 e. The molecular weight excluding hydrogens is 156 g/mol. The Morgan fingerprint density at radius 3 is 2.36 bits per heavy atom. The van der Waals surface area contributed by atoms with Crippen LogP contribution in [0.1, 0.15) is 40.0 Å². The lowest BCUT2D eigenvalue weighted by molar-refractivity contribution is 0.0623. The summed E-state index contributed by atoms with van der Waals surface area (Å²) < 4.78 is 0. The first kappa shape index (κ1) is 11.3. The summed E-state index contributed by atoms with van der Waals surface area (Å²) in [5.74, 6) is 0.566. The first-order valence-corrected chi connectivity index (χ1v) is 4.96. The third-order valence-corrected chi connectivity index (χ3v) is 2.60. The fraction of sp³-hybridized carbons (Fsp3) is 1.00. The van der Waals surface area contributed by atoms with Gasteiger partial charge in [0.05, 0.1) is 6.10 Å². The molecule has 0 aliphatic carbocycles. The summed E-state index contributed by atoms with van der Waals surface area (Å²) in [5, 5.41) is 9.54. The van der Waals surface area contributed by atoms with Gasteiger partial charge < -0.3 is 5.11 Å². The van der Waals surface area contributed by atoms with E-state index in [1.54, 1.807) is 0 Å². The SMILES string of the molecule is CCCCC(C)(C)C(O)CS. The van der Waals surface area contributed by atoms with E-state index in [4.69, 9.17) is 0 Å². The van der Waals surface area contributed by atoms with Gasteiger partial charge in [0.1, 0.15) is 0 Å². The van der Waals surface area contributed by atoms with Gasteiger partial charge in [0, 0.05) is 5.75 Å². The van der Waals surface area contributed by atoms with Gasteiger partial charge in [-0.15, -0.1) is 0 Å². The van der Waals surface area contributed by atoms with Crippen molar-refractivity contribution in [2.24, 2.45) is 5.41 Å². The second-order valence-corrected chi connectivity index (χ2v) is 4.16. The van der Waals surface area contributed by atoms with E-state index in [0.717, 1.165) is 6.42 Å². The van der Waals surface area contributed by atoms with Crippen molar-refractivity contribution >= 4 is 12.6 Å². The first-order valence-electron chi connectivity index (χ1n) is 4.33. The quantitative estimate of drug-likeness (QED) is 0.617. The van der Waals surface area contributed by atoms with Crippen LogP contribution >= 0.6 is 12.6 Å². The molecule has 0 bridgehead atoms. The molecule has 1 N–H and O–H groups in total. The van der Waals surface area contributed by atoms with Crippen LogP contribution in [-0.4, -0.2) is 17.0 Å². The Balaban J connectivity index is 3.77. The molecule has 0 aromatic rings. The first-order chi connectivity index (χ1) is 5.04. The third-order valence-electron chi connectivity index (χ3n) is 2.25. The van der Waals surface area contributed by atoms with Crippen LogP contribution in [0.15, 0.2) is 0 Å². The van der Waals surface area contributed by atoms with Crippen molar-refractivity contribution in [1.82, 2.24) is 0 Å². The Morgan fingerprint density at radius 1 is 1.45 bits per heavy atom. The van der Waals surface area contributed by atoms with Crippen LogP contribution < -0.4 is 0 Å². The van der Waals surface area contributed by atoms with Crippen molar-refractivity contribution in [2.75, 3.05) is 5.75 Å². The highest BCUT2D eigenvalue weighted by Gasteiger charge is 2.25. The highest BCUT2D eigenvalue weighted by Crippen LogP contribution is 2.27. The van der Waals surface area contributed by atoms with E-state index in [9.17, 15) is 5.11 Å². The van der Waals surface area contributed by atoms with Gasteiger partial charge in [0.15, 0.2) is 0 Å². The summed E-state index contributed by atoms with van der Waals surface area (Å²) in [4.78, 5) is 0. The van der Waals surface area contributed by atoms with Crippen molar-refractivity contribution in [3.8, 4) is 0 Å². The molecule has 0 saturated carbocycles. The Bertz CT molecular complexity index is 102. The molecule has 0 aliphatic heterocycles. The summed E-state index contributed by atoms with van der Waals surface area (Å²) in [6.45, 7) is 6.37. The monoisotopic (exact) mass is 176 g/mol. The number of unbranched alkanes of at least 4 members (excludes halogenated alkanes) is 1. The molecule has 0 aliphatic rings. The van der Waals surface area contributed by atoms with E-state index in [-0.39, 0.29) is 11.5 Å². The predicted octanol–water partition coefficient (Wildman–Crippen LogP) is 2.49. The molecule has 1 nitrogen and oxygen atoms in total. The minimum absolute atomic E-state index is 0.0394. The van der Waals surface area contributed by atoms with Gasteiger partial charge in [-0.3, -0.25) is 0 Å². The molecule has 2 heteroatoms. The van der Waals surface area contributed by atoms with Crippen molar-refractivity contribution in [2.45, 2.75) is 46.1 Å². The van der Waals surface area contributed by atoms with Crippen molar-refractivity contribution in [3.63, 3.8) is 0 Å². The van der Waals surface area contributed by atoms with Crippen LogP contribution in [0.4, 0.5) is 0 Å². The summed E-state index contributed by atoms with van der Waals surface area (Å²) in [6, 6.07) is 0. The van der Waals surface area contributed by atoms with Gasteiger partial charge in [-0.25, -0.2) is 0 Å². The molecule has 68 valence electrons. The number of hydrogen-bond donors (Lipinski definition) is 2. The normalized spacial score (nSPS) is 15.0. The Labute approximate surface area is 75.6 Å². The molecule has 0 aromatic carbocycles. The fourth-order valence-corrected chi connectivity index (χ4v) is 1.54.